The maximum atomic E-state index is 13.2. The molecule has 0 radical (unpaired) electrons. The number of sulfonamides is 1. The summed E-state index contributed by atoms with van der Waals surface area (Å²) in [5, 5.41) is 13.2. The molecule has 0 unspecified atom stereocenters. The minimum Gasteiger partial charge on any atom is -0.392 e. The Hall–Kier alpha value is -1.93. The summed E-state index contributed by atoms with van der Waals surface area (Å²) in [4.78, 5) is -0.289. The SMILES string of the molecule is Cc1nn(C)cc1NS(=O)(=O)c1cc(F)ccc1CO. The van der Waals surface area contributed by atoms with Crippen LogP contribution in [0.2, 0.25) is 0 Å². The van der Waals surface area contributed by atoms with Crippen LogP contribution in [-0.2, 0) is 23.7 Å². The van der Waals surface area contributed by atoms with E-state index in [1.54, 1.807) is 14.0 Å². The Labute approximate surface area is 115 Å². The highest BCUT2D eigenvalue weighted by Crippen LogP contribution is 2.22. The summed E-state index contributed by atoms with van der Waals surface area (Å²) < 4.78 is 41.6. The van der Waals surface area contributed by atoms with Crippen LogP contribution in [0.25, 0.3) is 0 Å². The molecule has 2 rings (SSSR count). The molecule has 108 valence electrons. The second-order valence-corrected chi connectivity index (χ2v) is 5.97. The van der Waals surface area contributed by atoms with Gasteiger partial charge in [0, 0.05) is 13.2 Å². The van der Waals surface area contributed by atoms with E-state index in [9.17, 15) is 12.8 Å². The normalized spacial score (nSPS) is 11.6. The molecule has 0 aliphatic heterocycles. The molecule has 8 heteroatoms. The standard InChI is InChI=1S/C12H14FN3O3S/c1-8-11(6-16(2)14-8)15-20(18,19)12-5-10(13)4-3-9(12)7-17/h3-6,15,17H,7H2,1-2H3. The molecule has 6 nitrogen and oxygen atoms in total. The molecule has 0 atom stereocenters. The van der Waals surface area contributed by atoms with Gasteiger partial charge in [-0.3, -0.25) is 9.40 Å². The molecular formula is C12H14FN3O3S. The lowest BCUT2D eigenvalue weighted by atomic mass is 10.2. The topological polar surface area (TPSA) is 84.2 Å². The van der Waals surface area contributed by atoms with Crippen LogP contribution in [0.15, 0.2) is 29.3 Å². The van der Waals surface area contributed by atoms with Crippen molar-refractivity contribution >= 4 is 15.7 Å². The van der Waals surface area contributed by atoms with E-state index in [1.807, 2.05) is 0 Å². The Kier molecular flexibility index (Phi) is 3.78. The molecular weight excluding hydrogens is 285 g/mol. The summed E-state index contributed by atoms with van der Waals surface area (Å²) in [6.45, 7) is 1.15. The third kappa shape index (κ3) is 2.81. The zero-order chi connectivity index (χ0) is 14.9. The number of halogens is 1. The lowest BCUT2D eigenvalue weighted by Gasteiger charge is -2.10. The Bertz CT molecular complexity index is 740. The predicted octanol–water partition coefficient (Wildman–Crippen LogP) is 1.16. The van der Waals surface area contributed by atoms with Crippen LogP contribution in [0.5, 0.6) is 0 Å². The molecule has 0 spiro atoms. The van der Waals surface area contributed by atoms with Gasteiger partial charge < -0.3 is 5.11 Å². The van der Waals surface area contributed by atoms with Gasteiger partial charge in [0.25, 0.3) is 10.0 Å². The van der Waals surface area contributed by atoms with Crippen molar-refractivity contribution in [1.82, 2.24) is 9.78 Å². The number of nitrogens with one attached hydrogen (secondary N) is 1. The van der Waals surface area contributed by atoms with E-state index in [-0.39, 0.29) is 10.5 Å². The summed E-state index contributed by atoms with van der Waals surface area (Å²) in [5.41, 5.74) is 0.930. The van der Waals surface area contributed by atoms with Crippen LogP contribution in [0.3, 0.4) is 0 Å². The fourth-order valence-electron chi connectivity index (χ4n) is 1.81. The minimum atomic E-state index is -3.99. The largest absolute Gasteiger partial charge is 0.392 e. The van der Waals surface area contributed by atoms with Crippen LogP contribution in [0.1, 0.15) is 11.3 Å². The van der Waals surface area contributed by atoms with Gasteiger partial charge in [-0.2, -0.15) is 5.10 Å². The van der Waals surface area contributed by atoms with E-state index >= 15 is 0 Å². The Morgan fingerprint density at radius 3 is 2.70 bits per heavy atom. The first kappa shape index (κ1) is 14.5. The molecule has 2 aromatic rings. The zero-order valence-corrected chi connectivity index (χ0v) is 11.8. The van der Waals surface area contributed by atoms with Crippen LogP contribution in [0.4, 0.5) is 10.1 Å². The molecule has 1 aromatic heterocycles. The second kappa shape index (κ2) is 5.22. The first-order valence-electron chi connectivity index (χ1n) is 5.76. The van der Waals surface area contributed by atoms with Gasteiger partial charge in [0.05, 0.1) is 22.9 Å². The molecule has 1 heterocycles. The van der Waals surface area contributed by atoms with E-state index in [2.05, 4.69) is 9.82 Å². The highest BCUT2D eigenvalue weighted by atomic mass is 32.2. The number of nitrogens with zero attached hydrogens (tertiary/aromatic N) is 2. The molecule has 0 amide bonds. The van der Waals surface area contributed by atoms with Crippen molar-refractivity contribution in [1.29, 1.82) is 0 Å². The summed E-state index contributed by atoms with van der Waals surface area (Å²) in [7, 11) is -2.33. The molecule has 20 heavy (non-hydrogen) atoms. The van der Waals surface area contributed by atoms with Crippen LogP contribution < -0.4 is 4.72 Å². The Morgan fingerprint density at radius 1 is 1.45 bits per heavy atom. The average Bonchev–Trinajstić information content (AvgIpc) is 2.67. The van der Waals surface area contributed by atoms with Crippen LogP contribution in [0, 0.1) is 12.7 Å². The minimum absolute atomic E-state index is 0.125. The molecule has 0 bridgehead atoms. The van der Waals surface area contributed by atoms with E-state index < -0.39 is 22.4 Å². The molecule has 0 saturated heterocycles. The Balaban J connectivity index is 2.45. The van der Waals surface area contributed by atoms with Crippen molar-refractivity contribution in [2.45, 2.75) is 18.4 Å². The average molecular weight is 299 g/mol. The maximum absolute atomic E-state index is 13.2. The smallest absolute Gasteiger partial charge is 0.262 e. The fraction of sp³-hybridized carbons (Fsp3) is 0.250. The van der Waals surface area contributed by atoms with Crippen LogP contribution >= 0.6 is 0 Å². The number of aryl methyl sites for hydroxylation is 2. The summed E-state index contributed by atoms with van der Waals surface area (Å²) in [5.74, 6) is -0.689. The number of hydrogen-bond donors (Lipinski definition) is 2. The van der Waals surface area contributed by atoms with E-state index in [4.69, 9.17) is 5.11 Å². The molecule has 0 saturated carbocycles. The summed E-state index contributed by atoms with van der Waals surface area (Å²) in [6, 6.07) is 3.21. The van der Waals surface area contributed by atoms with Gasteiger partial charge in [0.1, 0.15) is 5.82 Å². The van der Waals surface area contributed by atoms with Gasteiger partial charge in [-0.25, -0.2) is 12.8 Å². The molecule has 0 aliphatic carbocycles. The van der Waals surface area contributed by atoms with Gasteiger partial charge in [-0.05, 0) is 24.6 Å². The third-order valence-electron chi connectivity index (χ3n) is 2.75. The van der Waals surface area contributed by atoms with Gasteiger partial charge in [-0.1, -0.05) is 6.07 Å². The lowest BCUT2D eigenvalue weighted by Crippen LogP contribution is -2.15. The van der Waals surface area contributed by atoms with Crippen molar-refractivity contribution in [3.8, 4) is 0 Å². The number of aliphatic hydroxyl groups excluding tert-OH is 1. The number of hydrogen-bond acceptors (Lipinski definition) is 4. The first-order chi connectivity index (χ1) is 9.33. The zero-order valence-electron chi connectivity index (χ0n) is 11.0. The van der Waals surface area contributed by atoms with Gasteiger partial charge in [0.2, 0.25) is 0 Å². The number of aliphatic hydroxyl groups is 1. The van der Waals surface area contributed by atoms with Crippen LogP contribution in [-0.4, -0.2) is 23.3 Å². The lowest BCUT2D eigenvalue weighted by molar-refractivity contribution is 0.278. The van der Waals surface area contributed by atoms with Gasteiger partial charge in [-0.15, -0.1) is 0 Å². The highest BCUT2D eigenvalue weighted by Gasteiger charge is 2.21. The first-order valence-corrected chi connectivity index (χ1v) is 7.24. The van der Waals surface area contributed by atoms with Crippen molar-refractivity contribution in [3.05, 3.63) is 41.5 Å². The monoisotopic (exact) mass is 299 g/mol. The number of rotatable bonds is 4. The Morgan fingerprint density at radius 2 is 2.15 bits per heavy atom. The van der Waals surface area contributed by atoms with E-state index in [1.165, 1.54) is 16.9 Å². The summed E-state index contributed by atoms with van der Waals surface area (Å²) in [6.07, 6.45) is 1.50. The number of aromatic nitrogens is 2. The molecule has 0 fully saturated rings. The quantitative estimate of drug-likeness (QED) is 0.887. The van der Waals surface area contributed by atoms with Crippen molar-refractivity contribution in [2.24, 2.45) is 7.05 Å². The van der Waals surface area contributed by atoms with Crippen molar-refractivity contribution in [3.63, 3.8) is 0 Å². The van der Waals surface area contributed by atoms with Crippen molar-refractivity contribution < 1.29 is 17.9 Å². The highest BCUT2D eigenvalue weighted by molar-refractivity contribution is 7.92. The molecule has 2 N–H and O–H groups in total. The maximum Gasteiger partial charge on any atom is 0.262 e. The summed E-state index contributed by atoms with van der Waals surface area (Å²) >= 11 is 0. The van der Waals surface area contributed by atoms with E-state index in [0.717, 1.165) is 12.1 Å². The van der Waals surface area contributed by atoms with E-state index in [0.29, 0.717) is 11.4 Å². The number of benzene rings is 1. The second-order valence-electron chi connectivity index (χ2n) is 4.32. The molecule has 0 aliphatic rings. The van der Waals surface area contributed by atoms with Gasteiger partial charge in [0.15, 0.2) is 0 Å². The molecule has 1 aromatic carbocycles. The predicted molar refractivity (Wildman–Crippen MR) is 71.1 cm³/mol. The van der Waals surface area contributed by atoms with Gasteiger partial charge >= 0.3 is 0 Å². The third-order valence-corrected chi connectivity index (χ3v) is 4.19. The fourth-order valence-corrected chi connectivity index (χ4v) is 3.15. The van der Waals surface area contributed by atoms with Crippen molar-refractivity contribution in [2.75, 3.05) is 4.72 Å². The number of anilines is 1.